The van der Waals surface area contributed by atoms with Gasteiger partial charge in [-0.2, -0.15) is 11.8 Å². The Morgan fingerprint density at radius 2 is 2.00 bits per heavy atom. The molecule has 17 heavy (non-hydrogen) atoms. The molecule has 0 aromatic heterocycles. The van der Waals surface area contributed by atoms with E-state index in [1.807, 2.05) is 6.92 Å². The van der Waals surface area contributed by atoms with E-state index in [2.05, 4.69) is 0 Å². The number of thioether (sulfide) groups is 1. The molecular weight excluding hydrogens is 244 g/mol. The summed E-state index contributed by atoms with van der Waals surface area (Å²) in [6, 6.07) is 0. The highest BCUT2D eigenvalue weighted by molar-refractivity contribution is 7.99. The first-order chi connectivity index (χ1) is 8.08. The summed E-state index contributed by atoms with van der Waals surface area (Å²) in [5, 5.41) is 8.72. The van der Waals surface area contributed by atoms with E-state index in [9.17, 15) is 9.59 Å². The fourth-order valence-electron chi connectivity index (χ4n) is 2.43. The Balaban J connectivity index is 2.04. The molecule has 0 aliphatic carbocycles. The van der Waals surface area contributed by atoms with Gasteiger partial charge in [-0.05, 0) is 0 Å². The highest BCUT2D eigenvalue weighted by Crippen LogP contribution is 2.47. The highest BCUT2D eigenvalue weighted by atomic mass is 32.2. The lowest BCUT2D eigenvalue weighted by Gasteiger charge is -2.31. The summed E-state index contributed by atoms with van der Waals surface area (Å²) in [5.74, 6) is -0.501. The van der Waals surface area contributed by atoms with Crippen LogP contribution in [0.4, 0.5) is 0 Å². The van der Waals surface area contributed by atoms with Crippen LogP contribution >= 0.6 is 11.8 Å². The molecule has 0 spiro atoms. The molecular formula is C11H16O5S. The maximum Gasteiger partial charge on any atom is 0.309 e. The first-order valence-corrected chi connectivity index (χ1v) is 6.86. The molecule has 96 valence electrons. The normalized spacial score (nSPS) is 33.2. The van der Waals surface area contributed by atoms with Gasteiger partial charge in [0.2, 0.25) is 0 Å². The van der Waals surface area contributed by atoms with Gasteiger partial charge < -0.3 is 14.6 Å². The number of aliphatic hydroxyl groups excluding tert-OH is 1. The Kier molecular flexibility index (Phi) is 3.63. The zero-order valence-corrected chi connectivity index (χ0v) is 10.5. The summed E-state index contributed by atoms with van der Waals surface area (Å²) < 4.78 is 10.6. The van der Waals surface area contributed by atoms with E-state index in [-0.39, 0.29) is 43.2 Å². The molecule has 2 aliphatic rings. The van der Waals surface area contributed by atoms with E-state index in [1.54, 1.807) is 11.8 Å². The zero-order valence-electron chi connectivity index (χ0n) is 9.68. The van der Waals surface area contributed by atoms with Gasteiger partial charge >= 0.3 is 11.9 Å². The Hall–Kier alpha value is -0.750. The molecule has 2 heterocycles. The molecule has 5 nitrogen and oxygen atoms in total. The summed E-state index contributed by atoms with van der Waals surface area (Å²) in [4.78, 5) is 22.7. The van der Waals surface area contributed by atoms with E-state index in [1.165, 1.54) is 0 Å². The van der Waals surface area contributed by atoms with Crippen LogP contribution in [0.25, 0.3) is 0 Å². The number of carbonyl (C=O) groups excluding carboxylic acids is 2. The van der Waals surface area contributed by atoms with Crippen molar-refractivity contribution in [2.45, 2.75) is 25.6 Å². The van der Waals surface area contributed by atoms with Crippen molar-refractivity contribution in [1.29, 1.82) is 0 Å². The number of fused-ring (bicyclic) bond motifs is 1. The van der Waals surface area contributed by atoms with Crippen molar-refractivity contribution in [1.82, 2.24) is 0 Å². The van der Waals surface area contributed by atoms with Crippen LogP contribution in [0.2, 0.25) is 0 Å². The standard InChI is InChI=1S/C11H16O5S/c1-7(6-17-3-2-12)11-8(4-9(13)15-11)5-10(14)16-11/h7-8,12H,2-6H2,1H3. The van der Waals surface area contributed by atoms with Gasteiger partial charge in [-0.25, -0.2) is 0 Å². The van der Waals surface area contributed by atoms with Crippen LogP contribution in [0.15, 0.2) is 0 Å². The largest absolute Gasteiger partial charge is 0.422 e. The van der Waals surface area contributed by atoms with Crippen LogP contribution < -0.4 is 0 Å². The van der Waals surface area contributed by atoms with Crippen molar-refractivity contribution in [3.05, 3.63) is 0 Å². The summed E-state index contributed by atoms with van der Waals surface area (Å²) in [6.07, 6.45) is 0.529. The second kappa shape index (κ2) is 4.86. The third-order valence-electron chi connectivity index (χ3n) is 3.23. The monoisotopic (exact) mass is 260 g/mol. The molecule has 1 atom stereocenters. The van der Waals surface area contributed by atoms with E-state index >= 15 is 0 Å². The van der Waals surface area contributed by atoms with Crippen LogP contribution in [0.5, 0.6) is 0 Å². The van der Waals surface area contributed by atoms with Gasteiger partial charge in [0, 0.05) is 17.4 Å². The Bertz CT molecular complexity index is 310. The van der Waals surface area contributed by atoms with Crippen molar-refractivity contribution < 1.29 is 24.2 Å². The highest BCUT2D eigenvalue weighted by Gasteiger charge is 2.60. The van der Waals surface area contributed by atoms with Crippen LogP contribution in [0, 0.1) is 11.8 Å². The first kappa shape index (κ1) is 12.7. The number of carbonyl (C=O) groups is 2. The quantitative estimate of drug-likeness (QED) is 0.575. The Morgan fingerprint density at radius 3 is 2.53 bits per heavy atom. The second-order valence-electron chi connectivity index (χ2n) is 4.47. The van der Waals surface area contributed by atoms with E-state index in [0.717, 1.165) is 0 Å². The lowest BCUT2D eigenvalue weighted by atomic mass is 9.89. The van der Waals surface area contributed by atoms with Crippen molar-refractivity contribution in [3.8, 4) is 0 Å². The number of aliphatic hydroxyl groups is 1. The van der Waals surface area contributed by atoms with Crippen molar-refractivity contribution >= 4 is 23.7 Å². The minimum atomic E-state index is -1.05. The summed E-state index contributed by atoms with van der Waals surface area (Å²) >= 11 is 1.56. The van der Waals surface area contributed by atoms with Gasteiger partial charge in [-0.1, -0.05) is 6.92 Å². The van der Waals surface area contributed by atoms with Gasteiger partial charge in [0.25, 0.3) is 5.79 Å². The molecule has 0 radical (unpaired) electrons. The van der Waals surface area contributed by atoms with Crippen LogP contribution in [-0.2, 0) is 19.1 Å². The topological polar surface area (TPSA) is 72.8 Å². The third-order valence-corrected chi connectivity index (χ3v) is 4.44. The SMILES string of the molecule is CC(CSCCO)C12OC(=O)CC1CC(=O)O2. The van der Waals surface area contributed by atoms with E-state index in [0.29, 0.717) is 11.5 Å². The minimum absolute atomic E-state index is 0.0538. The maximum atomic E-state index is 11.3. The number of hydrogen-bond donors (Lipinski definition) is 1. The molecule has 0 aromatic rings. The average Bonchev–Trinajstić information content (AvgIpc) is 2.70. The number of esters is 2. The molecule has 1 unspecified atom stereocenters. The summed E-state index contributed by atoms with van der Waals surface area (Å²) in [7, 11) is 0. The lowest BCUT2D eigenvalue weighted by Crippen LogP contribution is -2.42. The van der Waals surface area contributed by atoms with Crippen molar-refractivity contribution in [2.24, 2.45) is 11.8 Å². The Labute approximate surface area is 104 Å². The molecule has 0 saturated carbocycles. The van der Waals surface area contributed by atoms with Crippen LogP contribution in [-0.4, -0.2) is 40.9 Å². The molecule has 1 N–H and O–H groups in total. The van der Waals surface area contributed by atoms with Gasteiger partial charge in [0.05, 0.1) is 25.4 Å². The van der Waals surface area contributed by atoms with Gasteiger partial charge in [0.1, 0.15) is 0 Å². The molecule has 0 aromatic carbocycles. The van der Waals surface area contributed by atoms with Gasteiger partial charge in [-0.15, -0.1) is 0 Å². The van der Waals surface area contributed by atoms with E-state index < -0.39 is 5.79 Å². The number of hydrogen-bond acceptors (Lipinski definition) is 6. The average molecular weight is 260 g/mol. The van der Waals surface area contributed by atoms with Crippen LogP contribution in [0.1, 0.15) is 19.8 Å². The molecule has 6 heteroatoms. The molecule has 0 amide bonds. The fourth-order valence-corrected chi connectivity index (χ4v) is 3.31. The smallest absolute Gasteiger partial charge is 0.309 e. The fraction of sp³-hybridized carbons (Fsp3) is 0.818. The van der Waals surface area contributed by atoms with Crippen molar-refractivity contribution in [2.75, 3.05) is 18.1 Å². The lowest BCUT2D eigenvalue weighted by molar-refractivity contribution is -0.220. The Morgan fingerprint density at radius 1 is 1.41 bits per heavy atom. The van der Waals surface area contributed by atoms with Crippen molar-refractivity contribution in [3.63, 3.8) is 0 Å². The van der Waals surface area contributed by atoms with Crippen LogP contribution in [0.3, 0.4) is 0 Å². The molecule has 0 bridgehead atoms. The molecule has 2 aliphatic heterocycles. The predicted octanol–water partition coefficient (Wildman–Crippen LogP) is 0.554. The maximum absolute atomic E-state index is 11.3. The minimum Gasteiger partial charge on any atom is -0.422 e. The molecule has 2 fully saturated rings. The predicted molar refractivity (Wildman–Crippen MR) is 61.2 cm³/mol. The zero-order chi connectivity index (χ0) is 12.5. The third kappa shape index (κ3) is 2.28. The first-order valence-electron chi connectivity index (χ1n) is 5.70. The number of ether oxygens (including phenoxy) is 2. The van der Waals surface area contributed by atoms with E-state index in [4.69, 9.17) is 14.6 Å². The van der Waals surface area contributed by atoms with Gasteiger partial charge in [0.15, 0.2) is 0 Å². The van der Waals surface area contributed by atoms with Gasteiger partial charge in [-0.3, -0.25) is 9.59 Å². The second-order valence-corrected chi connectivity index (χ2v) is 5.62. The summed E-state index contributed by atoms with van der Waals surface area (Å²) in [6.45, 7) is 2.03. The summed E-state index contributed by atoms with van der Waals surface area (Å²) in [5.41, 5.74) is 0. The number of rotatable bonds is 5. The molecule has 2 saturated heterocycles. The molecule has 2 rings (SSSR count).